The molecular weight excluding hydrogens is 216 g/mol. The van der Waals surface area contributed by atoms with E-state index in [2.05, 4.69) is 19.2 Å². The predicted octanol–water partition coefficient (Wildman–Crippen LogP) is 1.55. The van der Waals surface area contributed by atoms with Gasteiger partial charge in [0, 0.05) is 25.6 Å². The number of amides is 2. The second kappa shape index (κ2) is 5.63. The first-order valence-electron chi connectivity index (χ1n) is 6.55. The van der Waals surface area contributed by atoms with E-state index in [0.29, 0.717) is 25.6 Å². The van der Waals surface area contributed by atoms with Crippen molar-refractivity contribution in [1.82, 2.24) is 10.2 Å². The smallest absolute Gasteiger partial charge is 0.235 e. The van der Waals surface area contributed by atoms with Crippen molar-refractivity contribution in [3.63, 3.8) is 0 Å². The van der Waals surface area contributed by atoms with Crippen molar-refractivity contribution in [2.24, 2.45) is 5.41 Å². The lowest BCUT2D eigenvalue weighted by molar-refractivity contribution is -0.141. The molecule has 0 aromatic rings. The number of carbonyl (C=O) groups is 2. The Hall–Kier alpha value is -0.900. The van der Waals surface area contributed by atoms with Crippen LogP contribution in [0.1, 0.15) is 47.0 Å². The van der Waals surface area contributed by atoms with Gasteiger partial charge >= 0.3 is 0 Å². The lowest BCUT2D eigenvalue weighted by atomic mass is 9.81. The van der Waals surface area contributed by atoms with Crippen LogP contribution in [0.25, 0.3) is 0 Å². The highest BCUT2D eigenvalue weighted by molar-refractivity contribution is 6.05. The first-order valence-corrected chi connectivity index (χ1v) is 6.55. The Morgan fingerprint density at radius 2 is 1.88 bits per heavy atom. The minimum atomic E-state index is -0.422. The molecule has 1 heterocycles. The van der Waals surface area contributed by atoms with E-state index in [1.807, 2.05) is 13.8 Å². The summed E-state index contributed by atoms with van der Waals surface area (Å²) in [5.41, 5.74) is -0.422. The maximum atomic E-state index is 12.3. The van der Waals surface area contributed by atoms with Gasteiger partial charge in [0.25, 0.3) is 0 Å². The maximum Gasteiger partial charge on any atom is 0.235 e. The molecule has 0 unspecified atom stereocenters. The van der Waals surface area contributed by atoms with Crippen LogP contribution in [0.15, 0.2) is 0 Å². The SMILES string of the molecule is CCC1(CC)CC(=O)N(CCNC(C)C)C1=O. The van der Waals surface area contributed by atoms with Crippen molar-refractivity contribution in [3.8, 4) is 0 Å². The number of imide groups is 1. The molecule has 1 aliphatic rings. The van der Waals surface area contributed by atoms with E-state index in [1.165, 1.54) is 4.90 Å². The third-order valence-electron chi connectivity index (χ3n) is 3.73. The molecule has 0 spiro atoms. The Morgan fingerprint density at radius 1 is 1.29 bits per heavy atom. The number of nitrogens with zero attached hydrogens (tertiary/aromatic N) is 1. The molecule has 17 heavy (non-hydrogen) atoms. The minimum Gasteiger partial charge on any atom is -0.313 e. The summed E-state index contributed by atoms with van der Waals surface area (Å²) in [6.45, 7) is 9.26. The molecule has 0 saturated carbocycles. The van der Waals surface area contributed by atoms with Crippen LogP contribution in [-0.2, 0) is 9.59 Å². The largest absolute Gasteiger partial charge is 0.313 e. The average molecular weight is 240 g/mol. The average Bonchev–Trinajstić information content (AvgIpc) is 2.53. The lowest BCUT2D eigenvalue weighted by Gasteiger charge is -2.23. The van der Waals surface area contributed by atoms with E-state index in [0.717, 1.165) is 12.8 Å². The minimum absolute atomic E-state index is 0.00995. The number of nitrogens with one attached hydrogen (secondary N) is 1. The van der Waals surface area contributed by atoms with Crippen LogP contribution in [0.4, 0.5) is 0 Å². The van der Waals surface area contributed by atoms with E-state index in [4.69, 9.17) is 0 Å². The summed E-state index contributed by atoms with van der Waals surface area (Å²) in [5.74, 6) is 0.0160. The van der Waals surface area contributed by atoms with Crippen molar-refractivity contribution in [2.75, 3.05) is 13.1 Å². The van der Waals surface area contributed by atoms with Crippen LogP contribution >= 0.6 is 0 Å². The zero-order valence-electron chi connectivity index (χ0n) is 11.4. The number of hydrogen-bond acceptors (Lipinski definition) is 3. The topological polar surface area (TPSA) is 49.4 Å². The third-order valence-corrected chi connectivity index (χ3v) is 3.73. The summed E-state index contributed by atoms with van der Waals surface area (Å²) < 4.78 is 0. The summed E-state index contributed by atoms with van der Waals surface area (Å²) >= 11 is 0. The van der Waals surface area contributed by atoms with Gasteiger partial charge < -0.3 is 5.32 Å². The molecule has 0 bridgehead atoms. The molecule has 1 fully saturated rings. The van der Waals surface area contributed by atoms with Crippen LogP contribution in [0, 0.1) is 5.41 Å². The number of carbonyl (C=O) groups excluding carboxylic acids is 2. The highest BCUT2D eigenvalue weighted by Gasteiger charge is 2.48. The van der Waals surface area contributed by atoms with Gasteiger partial charge in [0.2, 0.25) is 11.8 Å². The van der Waals surface area contributed by atoms with Crippen LogP contribution < -0.4 is 5.32 Å². The number of likely N-dealkylation sites (tertiary alicyclic amines) is 1. The molecule has 0 aromatic carbocycles. The van der Waals surface area contributed by atoms with Gasteiger partial charge in [0.15, 0.2) is 0 Å². The van der Waals surface area contributed by atoms with Crippen molar-refractivity contribution < 1.29 is 9.59 Å². The molecule has 1 saturated heterocycles. The van der Waals surface area contributed by atoms with Gasteiger partial charge in [-0.05, 0) is 12.8 Å². The van der Waals surface area contributed by atoms with Gasteiger partial charge in [-0.3, -0.25) is 14.5 Å². The summed E-state index contributed by atoms with van der Waals surface area (Å²) in [6.07, 6.45) is 1.89. The molecule has 0 atom stereocenters. The third kappa shape index (κ3) is 2.86. The fraction of sp³-hybridized carbons (Fsp3) is 0.846. The zero-order chi connectivity index (χ0) is 13.1. The molecule has 1 N–H and O–H groups in total. The Bertz CT molecular complexity index is 296. The Morgan fingerprint density at radius 3 is 2.29 bits per heavy atom. The zero-order valence-corrected chi connectivity index (χ0v) is 11.4. The van der Waals surface area contributed by atoms with Gasteiger partial charge in [0.1, 0.15) is 0 Å². The molecular formula is C13H24N2O2. The molecule has 1 rings (SSSR count). The molecule has 0 radical (unpaired) electrons. The highest BCUT2D eigenvalue weighted by Crippen LogP contribution is 2.38. The molecule has 0 aromatic heterocycles. The van der Waals surface area contributed by atoms with E-state index in [9.17, 15) is 9.59 Å². The Labute approximate surface area is 104 Å². The Balaban J connectivity index is 2.63. The number of hydrogen-bond donors (Lipinski definition) is 1. The van der Waals surface area contributed by atoms with Crippen LogP contribution in [-0.4, -0.2) is 35.8 Å². The first-order chi connectivity index (χ1) is 7.96. The van der Waals surface area contributed by atoms with Gasteiger partial charge in [-0.15, -0.1) is 0 Å². The van der Waals surface area contributed by atoms with Crippen LogP contribution in [0.5, 0.6) is 0 Å². The second-order valence-corrected chi connectivity index (χ2v) is 5.12. The van der Waals surface area contributed by atoms with Crippen LogP contribution in [0.3, 0.4) is 0 Å². The van der Waals surface area contributed by atoms with E-state index in [1.54, 1.807) is 0 Å². The van der Waals surface area contributed by atoms with Gasteiger partial charge in [-0.25, -0.2) is 0 Å². The van der Waals surface area contributed by atoms with E-state index in [-0.39, 0.29) is 11.8 Å². The normalized spacial score (nSPS) is 19.5. The first kappa shape index (κ1) is 14.2. The standard InChI is InChI=1S/C13H24N2O2/c1-5-13(6-2)9-11(16)15(12(13)17)8-7-14-10(3)4/h10,14H,5-9H2,1-4H3. The fourth-order valence-corrected chi connectivity index (χ4v) is 2.35. The molecule has 1 aliphatic heterocycles. The molecule has 2 amide bonds. The van der Waals surface area contributed by atoms with E-state index >= 15 is 0 Å². The van der Waals surface area contributed by atoms with Crippen molar-refractivity contribution >= 4 is 11.8 Å². The second-order valence-electron chi connectivity index (χ2n) is 5.12. The Kier molecular flexibility index (Phi) is 4.69. The molecule has 4 heteroatoms. The maximum absolute atomic E-state index is 12.3. The van der Waals surface area contributed by atoms with Gasteiger partial charge in [-0.1, -0.05) is 27.7 Å². The highest BCUT2D eigenvalue weighted by atomic mass is 16.2. The summed E-state index contributed by atoms with van der Waals surface area (Å²) in [4.78, 5) is 25.6. The molecule has 98 valence electrons. The summed E-state index contributed by atoms with van der Waals surface area (Å²) in [6, 6.07) is 0.380. The molecule has 0 aliphatic carbocycles. The monoisotopic (exact) mass is 240 g/mol. The quantitative estimate of drug-likeness (QED) is 0.717. The summed E-state index contributed by atoms with van der Waals surface area (Å²) in [7, 11) is 0. The number of rotatable bonds is 6. The van der Waals surface area contributed by atoms with Gasteiger partial charge in [0.05, 0.1) is 5.41 Å². The molecule has 4 nitrogen and oxygen atoms in total. The fourth-order valence-electron chi connectivity index (χ4n) is 2.35. The van der Waals surface area contributed by atoms with Crippen molar-refractivity contribution in [2.45, 2.75) is 53.0 Å². The van der Waals surface area contributed by atoms with Crippen molar-refractivity contribution in [1.29, 1.82) is 0 Å². The van der Waals surface area contributed by atoms with Gasteiger partial charge in [-0.2, -0.15) is 0 Å². The summed E-state index contributed by atoms with van der Waals surface area (Å²) in [5, 5.41) is 3.23. The predicted molar refractivity (Wildman–Crippen MR) is 67.5 cm³/mol. The lowest BCUT2D eigenvalue weighted by Crippen LogP contribution is -2.40. The van der Waals surface area contributed by atoms with Crippen molar-refractivity contribution in [3.05, 3.63) is 0 Å². The van der Waals surface area contributed by atoms with E-state index < -0.39 is 5.41 Å². The van der Waals surface area contributed by atoms with Crippen LogP contribution in [0.2, 0.25) is 0 Å².